The number of hydrogen-bond acceptors (Lipinski definition) is 3. The summed E-state index contributed by atoms with van der Waals surface area (Å²) in [7, 11) is 1.83. The zero-order valence-electron chi connectivity index (χ0n) is 18.3. The van der Waals surface area contributed by atoms with Crippen molar-refractivity contribution < 1.29 is 28.6 Å². The van der Waals surface area contributed by atoms with Gasteiger partial charge in [0.2, 0.25) is 0 Å². The lowest BCUT2D eigenvalue weighted by atomic mass is 10.1. The first-order valence-corrected chi connectivity index (χ1v) is 10.3. The highest BCUT2D eigenvalue weighted by molar-refractivity contribution is 5.91. The third-order valence-electron chi connectivity index (χ3n) is 4.77. The highest BCUT2D eigenvalue weighted by Crippen LogP contribution is 2.08. The van der Waals surface area contributed by atoms with Gasteiger partial charge in [0.1, 0.15) is 5.82 Å². The van der Waals surface area contributed by atoms with Crippen LogP contribution in [0.25, 0.3) is 0 Å². The van der Waals surface area contributed by atoms with Crippen LogP contribution in [0, 0.1) is 5.82 Å². The lowest BCUT2D eigenvalue weighted by molar-refractivity contribution is -0.896. The molecule has 166 valence electrons. The van der Waals surface area contributed by atoms with E-state index < -0.39 is 5.82 Å². The van der Waals surface area contributed by atoms with Gasteiger partial charge in [-0.05, 0) is 39.0 Å². The molecule has 3 amide bonds. The van der Waals surface area contributed by atoms with Crippen LogP contribution < -0.4 is 20.4 Å². The predicted octanol–water partition coefficient (Wildman–Crippen LogP) is -2.08. The van der Waals surface area contributed by atoms with E-state index in [1.807, 2.05) is 27.8 Å². The van der Waals surface area contributed by atoms with Crippen molar-refractivity contribution in [2.45, 2.75) is 26.3 Å². The first-order chi connectivity index (χ1) is 14.0. The fraction of sp³-hybridized carbons (Fsp3) is 0.571. The maximum Gasteiger partial charge on any atom is 0.279 e. The molecule has 8 nitrogen and oxygen atoms in total. The summed E-state index contributed by atoms with van der Waals surface area (Å²) in [5.41, 5.74) is 0.149. The number of rotatable bonds is 7. The normalized spacial score (nSPS) is 16.1. The fourth-order valence-electron chi connectivity index (χ4n) is 3.42. The van der Waals surface area contributed by atoms with Gasteiger partial charge in [-0.3, -0.25) is 14.4 Å². The van der Waals surface area contributed by atoms with E-state index in [0.29, 0.717) is 31.9 Å². The zero-order valence-corrected chi connectivity index (χ0v) is 18.3. The standard InChI is InChI=1S/C21H32FN5O3/c1-21(2,3)24-19(29)13-25(4)15-20(30)27-10-8-26(9-11-27)14-18(28)23-17-7-5-6-16(22)12-17/h5-7,12H,8-11,13-15H2,1-4H3,(H,23,28)(H,24,29)/p+2. The Morgan fingerprint density at radius 3 is 2.40 bits per heavy atom. The third kappa shape index (κ3) is 8.46. The summed E-state index contributed by atoms with van der Waals surface area (Å²) in [4.78, 5) is 40.4. The SMILES string of the molecule is C[NH+](CC(=O)NC(C)(C)C)CC(=O)N1CC[NH+](CC(=O)Nc2cccc(F)c2)CC1. The second kappa shape index (κ2) is 10.5. The van der Waals surface area contributed by atoms with E-state index in [0.717, 1.165) is 9.80 Å². The molecule has 0 aromatic heterocycles. The monoisotopic (exact) mass is 423 g/mol. The molecule has 1 aromatic rings. The van der Waals surface area contributed by atoms with Crippen molar-refractivity contribution in [1.82, 2.24) is 10.2 Å². The molecule has 2 rings (SSSR count). The summed E-state index contributed by atoms with van der Waals surface area (Å²) < 4.78 is 13.2. The molecule has 4 N–H and O–H groups in total. The number of amides is 3. The van der Waals surface area contributed by atoms with E-state index in [-0.39, 0.29) is 42.9 Å². The Bertz CT molecular complexity index is 757. The number of nitrogens with one attached hydrogen (secondary N) is 4. The Labute approximate surface area is 177 Å². The largest absolute Gasteiger partial charge is 0.347 e. The number of piperazine rings is 1. The maximum atomic E-state index is 13.2. The van der Waals surface area contributed by atoms with Crippen molar-refractivity contribution in [2.75, 3.05) is 58.2 Å². The highest BCUT2D eigenvalue weighted by atomic mass is 19.1. The molecule has 0 bridgehead atoms. The van der Waals surface area contributed by atoms with Crippen LogP contribution in [-0.2, 0) is 14.4 Å². The van der Waals surface area contributed by atoms with E-state index in [9.17, 15) is 18.8 Å². The van der Waals surface area contributed by atoms with Crippen molar-refractivity contribution >= 4 is 23.4 Å². The predicted molar refractivity (Wildman–Crippen MR) is 112 cm³/mol. The van der Waals surface area contributed by atoms with Crippen molar-refractivity contribution in [3.05, 3.63) is 30.1 Å². The minimum Gasteiger partial charge on any atom is -0.347 e. The molecule has 1 heterocycles. The van der Waals surface area contributed by atoms with Crippen LogP contribution in [0.4, 0.5) is 10.1 Å². The van der Waals surface area contributed by atoms with Gasteiger partial charge in [0, 0.05) is 11.2 Å². The minimum atomic E-state index is -0.393. The number of hydrogen-bond donors (Lipinski definition) is 4. The molecular weight excluding hydrogens is 389 g/mol. The van der Waals surface area contributed by atoms with Crippen molar-refractivity contribution in [3.63, 3.8) is 0 Å². The molecule has 1 aliphatic rings. The number of benzene rings is 1. The van der Waals surface area contributed by atoms with Crippen LogP contribution in [0.15, 0.2) is 24.3 Å². The summed E-state index contributed by atoms with van der Waals surface area (Å²) >= 11 is 0. The van der Waals surface area contributed by atoms with Gasteiger partial charge in [0.25, 0.3) is 17.7 Å². The van der Waals surface area contributed by atoms with E-state index in [2.05, 4.69) is 10.6 Å². The van der Waals surface area contributed by atoms with Crippen LogP contribution in [-0.4, -0.2) is 81.0 Å². The minimum absolute atomic E-state index is 0.0133. The number of quaternary nitrogens is 2. The molecule has 30 heavy (non-hydrogen) atoms. The van der Waals surface area contributed by atoms with Crippen molar-refractivity contribution in [3.8, 4) is 0 Å². The van der Waals surface area contributed by atoms with Gasteiger partial charge in [-0.25, -0.2) is 4.39 Å². The van der Waals surface area contributed by atoms with Crippen LogP contribution >= 0.6 is 0 Å². The highest BCUT2D eigenvalue weighted by Gasteiger charge is 2.27. The van der Waals surface area contributed by atoms with Gasteiger partial charge in [-0.1, -0.05) is 6.07 Å². The summed E-state index contributed by atoms with van der Waals surface area (Å²) in [6.07, 6.45) is 0. The van der Waals surface area contributed by atoms with Crippen molar-refractivity contribution in [2.24, 2.45) is 0 Å². The van der Waals surface area contributed by atoms with Crippen molar-refractivity contribution in [1.29, 1.82) is 0 Å². The molecule has 1 fully saturated rings. The van der Waals surface area contributed by atoms with Crippen LogP contribution in [0.3, 0.4) is 0 Å². The summed E-state index contributed by atoms with van der Waals surface area (Å²) in [5, 5.41) is 5.60. The molecular formula is C21H34FN5O3+2. The zero-order chi connectivity index (χ0) is 22.3. The molecule has 1 aliphatic heterocycles. The summed E-state index contributed by atoms with van der Waals surface area (Å²) in [6, 6.07) is 5.80. The second-order valence-electron chi connectivity index (χ2n) is 8.97. The molecule has 1 saturated heterocycles. The summed E-state index contributed by atoms with van der Waals surface area (Å²) in [5.74, 6) is -0.634. The van der Waals surface area contributed by atoms with E-state index in [1.54, 1.807) is 17.0 Å². The molecule has 0 radical (unpaired) electrons. The van der Waals surface area contributed by atoms with Crippen LogP contribution in [0.5, 0.6) is 0 Å². The van der Waals surface area contributed by atoms with Gasteiger partial charge in [-0.15, -0.1) is 0 Å². The average Bonchev–Trinajstić information content (AvgIpc) is 2.60. The fourth-order valence-corrected chi connectivity index (χ4v) is 3.42. The Morgan fingerprint density at radius 1 is 1.13 bits per heavy atom. The molecule has 1 unspecified atom stereocenters. The molecule has 0 spiro atoms. The number of nitrogens with zero attached hydrogens (tertiary/aromatic N) is 1. The molecule has 9 heteroatoms. The van der Waals surface area contributed by atoms with E-state index in [1.165, 1.54) is 12.1 Å². The van der Waals surface area contributed by atoms with Gasteiger partial charge >= 0.3 is 0 Å². The molecule has 0 aliphatic carbocycles. The molecule has 1 atom stereocenters. The number of carbonyl (C=O) groups is 3. The lowest BCUT2D eigenvalue weighted by Crippen LogP contribution is -3.16. The maximum absolute atomic E-state index is 13.2. The summed E-state index contributed by atoms with van der Waals surface area (Å²) in [6.45, 7) is 9.03. The first-order valence-electron chi connectivity index (χ1n) is 10.3. The Kier molecular flexibility index (Phi) is 8.31. The van der Waals surface area contributed by atoms with Crippen LogP contribution in [0.2, 0.25) is 0 Å². The number of carbonyl (C=O) groups excluding carboxylic acids is 3. The van der Waals surface area contributed by atoms with Gasteiger partial charge < -0.3 is 25.3 Å². The third-order valence-corrected chi connectivity index (χ3v) is 4.77. The number of halogens is 1. The smallest absolute Gasteiger partial charge is 0.279 e. The topological polar surface area (TPSA) is 87.4 Å². The van der Waals surface area contributed by atoms with E-state index >= 15 is 0 Å². The van der Waals surface area contributed by atoms with E-state index in [4.69, 9.17) is 0 Å². The second-order valence-corrected chi connectivity index (χ2v) is 8.97. The Morgan fingerprint density at radius 2 is 1.80 bits per heavy atom. The van der Waals surface area contributed by atoms with Crippen LogP contribution in [0.1, 0.15) is 20.8 Å². The Balaban J connectivity index is 1.71. The lowest BCUT2D eigenvalue weighted by Gasteiger charge is -2.32. The van der Waals surface area contributed by atoms with Gasteiger partial charge in [-0.2, -0.15) is 0 Å². The number of anilines is 1. The number of likely N-dealkylation sites (N-methyl/N-ethyl adjacent to an activating group) is 1. The van der Waals surface area contributed by atoms with Gasteiger partial charge in [0.05, 0.1) is 33.2 Å². The molecule has 0 saturated carbocycles. The first kappa shape index (κ1) is 23.8. The average molecular weight is 424 g/mol. The Hall–Kier alpha value is -2.52. The van der Waals surface area contributed by atoms with Gasteiger partial charge in [0.15, 0.2) is 19.6 Å². The molecule has 1 aromatic carbocycles. The quantitative estimate of drug-likeness (QED) is 0.406.